The van der Waals surface area contributed by atoms with Crippen LogP contribution in [0.2, 0.25) is 0 Å². The van der Waals surface area contributed by atoms with Crippen LogP contribution in [0.1, 0.15) is 46.1 Å². The summed E-state index contributed by atoms with van der Waals surface area (Å²) in [5.41, 5.74) is 1.15. The Morgan fingerprint density at radius 3 is 2.52 bits per heavy atom. The van der Waals surface area contributed by atoms with E-state index in [0.29, 0.717) is 12.5 Å². The first-order valence-electron chi connectivity index (χ1n) is 9.67. The minimum Gasteiger partial charge on any atom is -0.497 e. The van der Waals surface area contributed by atoms with E-state index in [0.717, 1.165) is 28.6 Å². The minimum absolute atomic E-state index is 0.113. The smallest absolute Gasteiger partial charge is 0.163 e. The van der Waals surface area contributed by atoms with Crippen LogP contribution >= 0.6 is 22.6 Å². The monoisotopic (exact) mass is 488 g/mol. The Morgan fingerprint density at radius 2 is 1.89 bits per heavy atom. The van der Waals surface area contributed by atoms with Crippen LogP contribution in [0.4, 0.5) is 0 Å². The third-order valence-electron chi connectivity index (χ3n) is 4.73. The van der Waals surface area contributed by atoms with Crippen molar-refractivity contribution in [2.45, 2.75) is 71.2 Å². The van der Waals surface area contributed by atoms with Crippen molar-refractivity contribution in [3.63, 3.8) is 0 Å². The first-order valence-corrected chi connectivity index (χ1v) is 11.2. The molecule has 0 amide bonds. The Hall–Kier alpha value is -0.630. The molecule has 1 aromatic carbocycles. The van der Waals surface area contributed by atoms with E-state index in [4.69, 9.17) is 18.9 Å². The Bertz CT molecular complexity index is 584. The van der Waals surface area contributed by atoms with Gasteiger partial charge in [-0.05, 0) is 51.3 Å². The summed E-state index contributed by atoms with van der Waals surface area (Å²) >= 11 is 2.40. The van der Waals surface area contributed by atoms with Crippen molar-refractivity contribution in [3.8, 4) is 5.75 Å². The van der Waals surface area contributed by atoms with Crippen molar-refractivity contribution in [1.29, 1.82) is 0 Å². The molecule has 1 unspecified atom stereocenters. The molecule has 2 rings (SSSR count). The first kappa shape index (κ1) is 22.7. The summed E-state index contributed by atoms with van der Waals surface area (Å²) < 4.78 is 24.4. The van der Waals surface area contributed by atoms with Gasteiger partial charge in [-0.3, -0.25) is 0 Å². The Morgan fingerprint density at radius 1 is 1.19 bits per heavy atom. The van der Waals surface area contributed by atoms with E-state index in [1.807, 2.05) is 38.1 Å². The van der Waals surface area contributed by atoms with Crippen LogP contribution in [-0.4, -0.2) is 35.6 Å². The molecule has 0 radical (unpaired) electrons. The fourth-order valence-corrected chi connectivity index (χ4v) is 3.88. The molecule has 1 saturated heterocycles. The van der Waals surface area contributed by atoms with Crippen LogP contribution in [0.25, 0.3) is 0 Å². The number of halogens is 1. The Labute approximate surface area is 177 Å². The fraction of sp³-hybridized carbons (Fsp3) is 0.636. The number of ether oxygens (including phenoxy) is 4. The molecular weight excluding hydrogens is 455 g/mol. The van der Waals surface area contributed by atoms with Crippen LogP contribution in [0.15, 0.2) is 36.4 Å². The number of alkyl halides is 1. The number of hydrogen-bond acceptors (Lipinski definition) is 4. The second kappa shape index (κ2) is 10.8. The largest absolute Gasteiger partial charge is 0.497 e. The molecule has 1 aliphatic heterocycles. The van der Waals surface area contributed by atoms with Gasteiger partial charge < -0.3 is 18.9 Å². The predicted molar refractivity (Wildman–Crippen MR) is 117 cm³/mol. The molecule has 1 aromatic rings. The quantitative estimate of drug-likeness (QED) is 0.247. The van der Waals surface area contributed by atoms with Gasteiger partial charge in [-0.25, -0.2) is 0 Å². The second-order valence-electron chi connectivity index (χ2n) is 7.61. The number of methoxy groups -OCH3 is 1. The van der Waals surface area contributed by atoms with Crippen molar-refractivity contribution < 1.29 is 18.9 Å². The van der Waals surface area contributed by atoms with Gasteiger partial charge in [0.2, 0.25) is 0 Å². The highest BCUT2D eigenvalue weighted by molar-refractivity contribution is 14.1. The maximum absolute atomic E-state index is 6.14. The van der Waals surface area contributed by atoms with Gasteiger partial charge >= 0.3 is 0 Å². The molecule has 1 heterocycles. The molecule has 0 spiro atoms. The van der Waals surface area contributed by atoms with E-state index in [1.54, 1.807) is 7.11 Å². The summed E-state index contributed by atoms with van der Waals surface area (Å²) in [5.74, 6) is 0.692. The lowest BCUT2D eigenvalue weighted by molar-refractivity contribution is -0.148. The van der Waals surface area contributed by atoms with E-state index in [-0.39, 0.29) is 18.3 Å². The summed E-state index contributed by atoms with van der Waals surface area (Å²) in [6.07, 6.45) is 6.80. The molecule has 0 saturated carbocycles. The third kappa shape index (κ3) is 7.37. The van der Waals surface area contributed by atoms with Gasteiger partial charge in [0.05, 0.1) is 32.0 Å². The highest BCUT2D eigenvalue weighted by Gasteiger charge is 2.42. The molecule has 1 aliphatic rings. The van der Waals surface area contributed by atoms with Gasteiger partial charge in [-0.2, -0.15) is 0 Å². The summed E-state index contributed by atoms with van der Waals surface area (Å²) in [5, 5.41) is 0. The minimum atomic E-state index is -0.488. The number of hydrogen-bond donors (Lipinski definition) is 0. The van der Waals surface area contributed by atoms with Crippen molar-refractivity contribution in [1.82, 2.24) is 0 Å². The van der Waals surface area contributed by atoms with Gasteiger partial charge in [0.15, 0.2) is 5.79 Å². The van der Waals surface area contributed by atoms with Crippen LogP contribution in [0.3, 0.4) is 0 Å². The van der Waals surface area contributed by atoms with E-state index in [2.05, 4.69) is 48.6 Å². The molecular formula is C22H33IO4. The van der Waals surface area contributed by atoms with E-state index < -0.39 is 5.79 Å². The third-order valence-corrected chi connectivity index (χ3v) is 5.36. The van der Waals surface area contributed by atoms with Crippen molar-refractivity contribution >= 4 is 22.6 Å². The second-order valence-corrected chi connectivity index (χ2v) is 8.69. The first-order chi connectivity index (χ1) is 12.8. The SMILES string of the molecule is COc1ccc(CO[C@H](C)C/C=C\C(C)[C@H]2OC(C)(C)O[C@H]2CCI)cc1. The summed E-state index contributed by atoms with van der Waals surface area (Å²) in [7, 11) is 1.68. The van der Waals surface area contributed by atoms with Crippen molar-refractivity contribution in [3.05, 3.63) is 42.0 Å². The normalized spacial score (nSPS) is 24.2. The number of benzene rings is 1. The molecule has 0 aliphatic carbocycles. The molecule has 5 heteroatoms. The van der Waals surface area contributed by atoms with Crippen LogP contribution in [-0.2, 0) is 20.8 Å². The lowest BCUT2D eigenvalue weighted by Crippen LogP contribution is -2.29. The molecule has 0 bridgehead atoms. The molecule has 0 N–H and O–H groups in total. The zero-order valence-electron chi connectivity index (χ0n) is 17.1. The molecule has 1 fully saturated rings. The van der Waals surface area contributed by atoms with Crippen LogP contribution in [0, 0.1) is 5.92 Å². The van der Waals surface area contributed by atoms with Gasteiger partial charge in [-0.15, -0.1) is 0 Å². The summed E-state index contributed by atoms with van der Waals surface area (Å²) in [4.78, 5) is 0. The Balaban J connectivity index is 1.77. The average molecular weight is 488 g/mol. The van der Waals surface area contributed by atoms with Crippen molar-refractivity contribution in [2.24, 2.45) is 5.92 Å². The van der Waals surface area contributed by atoms with Gasteiger partial charge in [0.25, 0.3) is 0 Å². The van der Waals surface area contributed by atoms with Gasteiger partial charge in [0, 0.05) is 10.3 Å². The van der Waals surface area contributed by atoms with Crippen molar-refractivity contribution in [2.75, 3.05) is 11.5 Å². The highest BCUT2D eigenvalue weighted by atomic mass is 127. The number of rotatable bonds is 10. The van der Waals surface area contributed by atoms with Gasteiger partial charge in [-0.1, -0.05) is 53.8 Å². The fourth-order valence-electron chi connectivity index (χ4n) is 3.26. The summed E-state index contributed by atoms with van der Waals surface area (Å²) in [6, 6.07) is 8.00. The standard InChI is InChI=1S/C22H33IO4/c1-16(21-20(13-14-23)26-22(3,4)27-21)7-6-8-17(2)25-15-18-9-11-19(24-5)12-10-18/h6-7,9-12,16-17,20-21H,8,13-15H2,1-5H3/b7-6-/t16?,17-,20+,21-/m1/s1. The average Bonchev–Trinajstić information content (AvgIpc) is 2.95. The van der Waals surface area contributed by atoms with E-state index in [9.17, 15) is 0 Å². The van der Waals surface area contributed by atoms with E-state index >= 15 is 0 Å². The van der Waals surface area contributed by atoms with Crippen LogP contribution in [0.5, 0.6) is 5.75 Å². The summed E-state index contributed by atoms with van der Waals surface area (Å²) in [6.45, 7) is 8.92. The Kier molecular flexibility index (Phi) is 9.05. The molecule has 0 aromatic heterocycles. The molecule has 27 heavy (non-hydrogen) atoms. The topological polar surface area (TPSA) is 36.9 Å². The van der Waals surface area contributed by atoms with E-state index in [1.165, 1.54) is 0 Å². The highest BCUT2D eigenvalue weighted by Crippen LogP contribution is 2.34. The zero-order chi connectivity index (χ0) is 19.9. The molecule has 4 atom stereocenters. The van der Waals surface area contributed by atoms with Crippen LogP contribution < -0.4 is 4.74 Å². The molecule has 152 valence electrons. The maximum atomic E-state index is 6.14. The zero-order valence-corrected chi connectivity index (χ0v) is 19.3. The van der Waals surface area contributed by atoms with Gasteiger partial charge in [0.1, 0.15) is 5.75 Å². The predicted octanol–water partition coefficient (Wildman–Crippen LogP) is 5.53. The lowest BCUT2D eigenvalue weighted by Gasteiger charge is -2.21. The lowest BCUT2D eigenvalue weighted by atomic mass is 9.97. The maximum Gasteiger partial charge on any atom is 0.163 e. The molecule has 4 nitrogen and oxygen atoms in total.